The second kappa shape index (κ2) is 10.2. The van der Waals surface area contributed by atoms with Crippen molar-refractivity contribution in [2.24, 2.45) is 0 Å². The lowest BCUT2D eigenvalue weighted by Gasteiger charge is -2.08. The van der Waals surface area contributed by atoms with E-state index in [1.165, 1.54) is 18.2 Å². The molecule has 0 aromatic heterocycles. The summed E-state index contributed by atoms with van der Waals surface area (Å²) in [5.74, 6) is 4.88. The standard InChI is InChI=1S/C15H19FO4/c1-18-8-3-9-19-10-11-20-15-12-13(4-2-7-17)5-6-14(15)16/h5-6,12,17H,3,7-11H2,1H3. The van der Waals surface area contributed by atoms with E-state index in [-0.39, 0.29) is 19.0 Å². The number of hydrogen-bond acceptors (Lipinski definition) is 4. The van der Waals surface area contributed by atoms with Crippen molar-refractivity contribution < 1.29 is 23.7 Å². The molecule has 1 aromatic carbocycles. The molecular formula is C15H19FO4. The molecule has 5 heteroatoms. The van der Waals surface area contributed by atoms with Crippen LogP contribution in [0.2, 0.25) is 0 Å². The maximum Gasteiger partial charge on any atom is 0.165 e. The summed E-state index contributed by atoms with van der Waals surface area (Å²) in [7, 11) is 1.64. The minimum Gasteiger partial charge on any atom is -0.488 e. The fourth-order valence-corrected chi connectivity index (χ4v) is 1.45. The number of ether oxygens (including phenoxy) is 3. The molecule has 0 radical (unpaired) electrons. The summed E-state index contributed by atoms with van der Waals surface area (Å²) >= 11 is 0. The average molecular weight is 282 g/mol. The first-order chi connectivity index (χ1) is 9.77. The van der Waals surface area contributed by atoms with Crippen LogP contribution in [0.5, 0.6) is 5.75 Å². The van der Waals surface area contributed by atoms with Gasteiger partial charge in [-0.3, -0.25) is 0 Å². The molecule has 4 nitrogen and oxygen atoms in total. The van der Waals surface area contributed by atoms with Gasteiger partial charge in [0.2, 0.25) is 0 Å². The molecule has 0 aliphatic heterocycles. The Labute approximate surface area is 118 Å². The van der Waals surface area contributed by atoms with Gasteiger partial charge in [-0.15, -0.1) is 0 Å². The smallest absolute Gasteiger partial charge is 0.165 e. The van der Waals surface area contributed by atoms with Gasteiger partial charge in [0.1, 0.15) is 13.2 Å². The summed E-state index contributed by atoms with van der Waals surface area (Å²) in [6.45, 7) is 1.65. The summed E-state index contributed by atoms with van der Waals surface area (Å²) in [6, 6.07) is 4.32. The monoisotopic (exact) mass is 282 g/mol. The Balaban J connectivity index is 2.35. The van der Waals surface area contributed by atoms with Crippen molar-refractivity contribution in [2.75, 3.05) is 40.1 Å². The van der Waals surface area contributed by atoms with Crippen molar-refractivity contribution >= 4 is 0 Å². The lowest BCUT2D eigenvalue weighted by Crippen LogP contribution is -2.09. The number of benzene rings is 1. The zero-order valence-electron chi connectivity index (χ0n) is 11.5. The van der Waals surface area contributed by atoms with Crippen molar-refractivity contribution in [1.29, 1.82) is 0 Å². The highest BCUT2D eigenvalue weighted by Gasteiger charge is 2.03. The van der Waals surface area contributed by atoms with Gasteiger partial charge in [0.15, 0.2) is 11.6 Å². The van der Waals surface area contributed by atoms with Crippen LogP contribution in [0.15, 0.2) is 18.2 Å². The van der Waals surface area contributed by atoms with Crippen LogP contribution in [0.25, 0.3) is 0 Å². The largest absolute Gasteiger partial charge is 0.488 e. The van der Waals surface area contributed by atoms with Crippen LogP contribution < -0.4 is 4.74 Å². The number of aliphatic hydroxyl groups is 1. The van der Waals surface area contributed by atoms with Crippen molar-refractivity contribution in [3.05, 3.63) is 29.6 Å². The molecule has 0 heterocycles. The van der Waals surface area contributed by atoms with Gasteiger partial charge in [-0.05, 0) is 24.6 Å². The lowest BCUT2D eigenvalue weighted by atomic mass is 10.2. The molecule has 0 amide bonds. The third-order valence-corrected chi connectivity index (χ3v) is 2.37. The number of aliphatic hydroxyl groups excluding tert-OH is 1. The Bertz CT molecular complexity index is 451. The normalized spacial score (nSPS) is 9.95. The molecular weight excluding hydrogens is 263 g/mol. The molecule has 0 unspecified atom stereocenters. The van der Waals surface area contributed by atoms with E-state index in [1.54, 1.807) is 7.11 Å². The third-order valence-electron chi connectivity index (χ3n) is 2.37. The van der Waals surface area contributed by atoms with Crippen LogP contribution in [-0.4, -0.2) is 45.3 Å². The van der Waals surface area contributed by atoms with Gasteiger partial charge in [-0.1, -0.05) is 11.8 Å². The number of hydrogen-bond donors (Lipinski definition) is 1. The van der Waals surface area contributed by atoms with Gasteiger partial charge < -0.3 is 19.3 Å². The number of halogens is 1. The Hall–Kier alpha value is -1.61. The highest BCUT2D eigenvalue weighted by molar-refractivity contribution is 5.40. The van der Waals surface area contributed by atoms with Crippen molar-refractivity contribution in [2.45, 2.75) is 6.42 Å². The topological polar surface area (TPSA) is 47.9 Å². The number of methoxy groups -OCH3 is 1. The van der Waals surface area contributed by atoms with Gasteiger partial charge in [0.25, 0.3) is 0 Å². The van der Waals surface area contributed by atoms with E-state index in [2.05, 4.69) is 11.8 Å². The zero-order chi connectivity index (χ0) is 14.6. The quantitative estimate of drug-likeness (QED) is 0.581. The van der Waals surface area contributed by atoms with E-state index in [1.807, 2.05) is 0 Å². The Morgan fingerprint density at radius 2 is 2.05 bits per heavy atom. The summed E-state index contributed by atoms with van der Waals surface area (Å²) in [5.41, 5.74) is 0.594. The zero-order valence-corrected chi connectivity index (χ0v) is 11.5. The fourth-order valence-electron chi connectivity index (χ4n) is 1.45. The third kappa shape index (κ3) is 6.53. The molecule has 110 valence electrons. The lowest BCUT2D eigenvalue weighted by molar-refractivity contribution is 0.0797. The maximum atomic E-state index is 13.5. The first-order valence-corrected chi connectivity index (χ1v) is 6.36. The van der Waals surface area contributed by atoms with Crippen molar-refractivity contribution in [1.82, 2.24) is 0 Å². The predicted molar refractivity (Wildman–Crippen MR) is 73.2 cm³/mol. The Kier molecular flexibility index (Phi) is 8.40. The summed E-state index contributed by atoms with van der Waals surface area (Å²) < 4.78 is 29.0. The molecule has 1 N–H and O–H groups in total. The second-order valence-corrected chi connectivity index (χ2v) is 3.91. The van der Waals surface area contributed by atoms with Gasteiger partial charge in [0, 0.05) is 25.9 Å². The SMILES string of the molecule is COCCCOCCOc1cc(C#CCO)ccc1F. The Morgan fingerprint density at radius 1 is 1.20 bits per heavy atom. The van der Waals surface area contributed by atoms with Gasteiger partial charge in [-0.25, -0.2) is 4.39 Å². The van der Waals surface area contributed by atoms with Gasteiger partial charge in [-0.2, -0.15) is 0 Å². The molecule has 0 spiro atoms. The molecule has 20 heavy (non-hydrogen) atoms. The van der Waals surface area contributed by atoms with E-state index >= 15 is 0 Å². The highest BCUT2D eigenvalue weighted by atomic mass is 19.1. The first kappa shape index (κ1) is 16.4. The molecule has 0 bridgehead atoms. The summed E-state index contributed by atoms with van der Waals surface area (Å²) in [6.07, 6.45) is 0.817. The van der Waals surface area contributed by atoms with Crippen LogP contribution in [0.4, 0.5) is 4.39 Å². The molecule has 0 aliphatic rings. The fraction of sp³-hybridized carbons (Fsp3) is 0.467. The number of rotatable bonds is 8. The minimum atomic E-state index is -0.445. The van der Waals surface area contributed by atoms with Gasteiger partial charge >= 0.3 is 0 Å². The van der Waals surface area contributed by atoms with E-state index in [0.717, 1.165) is 6.42 Å². The van der Waals surface area contributed by atoms with Crippen LogP contribution in [0.3, 0.4) is 0 Å². The predicted octanol–water partition coefficient (Wildman–Crippen LogP) is 1.60. The Morgan fingerprint density at radius 3 is 2.80 bits per heavy atom. The minimum absolute atomic E-state index is 0.134. The van der Waals surface area contributed by atoms with Crippen molar-refractivity contribution in [3.63, 3.8) is 0 Å². The van der Waals surface area contributed by atoms with Crippen LogP contribution in [-0.2, 0) is 9.47 Å². The van der Waals surface area contributed by atoms with Crippen molar-refractivity contribution in [3.8, 4) is 17.6 Å². The van der Waals surface area contributed by atoms with Gasteiger partial charge in [0.05, 0.1) is 6.61 Å². The average Bonchev–Trinajstić information content (AvgIpc) is 2.46. The molecule has 1 rings (SSSR count). The molecule has 0 aliphatic carbocycles. The highest BCUT2D eigenvalue weighted by Crippen LogP contribution is 2.18. The van der Waals surface area contributed by atoms with E-state index in [9.17, 15) is 4.39 Å². The van der Waals surface area contributed by atoms with E-state index in [0.29, 0.717) is 25.4 Å². The molecule has 0 atom stereocenters. The maximum absolute atomic E-state index is 13.5. The van der Waals surface area contributed by atoms with Crippen LogP contribution in [0.1, 0.15) is 12.0 Å². The van der Waals surface area contributed by atoms with Crippen LogP contribution in [0, 0.1) is 17.7 Å². The summed E-state index contributed by atoms with van der Waals surface area (Å²) in [4.78, 5) is 0. The summed E-state index contributed by atoms with van der Waals surface area (Å²) in [5, 5.41) is 8.61. The van der Waals surface area contributed by atoms with E-state index < -0.39 is 5.82 Å². The first-order valence-electron chi connectivity index (χ1n) is 6.36. The second-order valence-electron chi connectivity index (χ2n) is 3.91. The van der Waals surface area contributed by atoms with E-state index in [4.69, 9.17) is 19.3 Å². The molecule has 0 fully saturated rings. The van der Waals surface area contributed by atoms with Crippen LogP contribution >= 0.6 is 0 Å². The molecule has 0 saturated heterocycles. The molecule has 1 aromatic rings. The molecule has 0 saturated carbocycles.